The smallest absolute Gasteiger partial charge is 0.236 e. The van der Waals surface area contributed by atoms with Gasteiger partial charge in [0, 0.05) is 32.4 Å². The number of fused-ring (bicyclic) bond motifs is 1. The Labute approximate surface area is 115 Å². The molecule has 1 fully saturated rings. The summed E-state index contributed by atoms with van der Waals surface area (Å²) >= 11 is 0. The minimum atomic E-state index is -0.0957. The van der Waals surface area contributed by atoms with Crippen LogP contribution in [0.2, 0.25) is 0 Å². The maximum Gasteiger partial charge on any atom is 0.236 e. The number of hydrogen-bond donors (Lipinski definition) is 1. The highest BCUT2D eigenvalue weighted by molar-refractivity contribution is 5.87. The molecule has 0 atom stereocenters. The molecule has 1 amide bonds. The third kappa shape index (κ3) is 2.16. The van der Waals surface area contributed by atoms with E-state index in [1.54, 1.807) is 11.2 Å². The van der Waals surface area contributed by atoms with E-state index in [0.29, 0.717) is 26.2 Å². The first-order valence-electron chi connectivity index (χ1n) is 6.47. The van der Waals surface area contributed by atoms with Gasteiger partial charge in [-0.1, -0.05) is 0 Å². The first-order chi connectivity index (χ1) is 9.79. The second-order valence-corrected chi connectivity index (χ2v) is 4.64. The van der Waals surface area contributed by atoms with Gasteiger partial charge in [0.2, 0.25) is 5.91 Å². The lowest BCUT2D eigenvalue weighted by atomic mass is 10.2. The summed E-state index contributed by atoms with van der Waals surface area (Å²) in [4.78, 5) is 27.1. The molecule has 2 aromatic rings. The van der Waals surface area contributed by atoms with Crippen LogP contribution in [0.1, 0.15) is 6.42 Å². The van der Waals surface area contributed by atoms with Gasteiger partial charge in [0.15, 0.2) is 0 Å². The van der Waals surface area contributed by atoms with Gasteiger partial charge in [-0.05, 0) is 6.07 Å². The summed E-state index contributed by atoms with van der Waals surface area (Å²) in [7, 11) is 0. The first kappa shape index (κ1) is 12.4. The topological polar surface area (TPSA) is 88.9 Å². The Kier molecular flexibility index (Phi) is 3.21. The Morgan fingerprint density at radius 1 is 1.35 bits per heavy atom. The number of nitriles is 1. The summed E-state index contributed by atoms with van der Waals surface area (Å²) < 4.78 is 0. The van der Waals surface area contributed by atoms with Gasteiger partial charge >= 0.3 is 0 Å². The Morgan fingerprint density at radius 2 is 2.15 bits per heavy atom. The highest BCUT2D eigenvalue weighted by Gasteiger charge is 2.22. The summed E-state index contributed by atoms with van der Waals surface area (Å²) in [5.74, 6) is 0.797. The molecule has 0 aliphatic carbocycles. The molecule has 3 heterocycles. The number of aromatic nitrogens is 3. The Bertz CT molecular complexity index is 665. The quantitative estimate of drug-likeness (QED) is 0.859. The van der Waals surface area contributed by atoms with Gasteiger partial charge in [0.05, 0.1) is 11.5 Å². The monoisotopic (exact) mass is 270 g/mol. The zero-order valence-corrected chi connectivity index (χ0v) is 10.9. The maximum atomic E-state index is 11.7. The van der Waals surface area contributed by atoms with Crippen LogP contribution in [0.15, 0.2) is 18.6 Å². The van der Waals surface area contributed by atoms with Crippen LogP contribution in [0.4, 0.5) is 5.82 Å². The number of H-pyrrole nitrogens is 1. The van der Waals surface area contributed by atoms with Gasteiger partial charge in [0.1, 0.15) is 24.2 Å². The maximum absolute atomic E-state index is 11.7. The number of nitrogens with one attached hydrogen (secondary N) is 1. The van der Waals surface area contributed by atoms with Crippen LogP contribution in [0.5, 0.6) is 0 Å². The largest absolute Gasteiger partial charge is 0.352 e. The molecule has 1 aliphatic rings. The lowest BCUT2D eigenvalue weighted by Crippen LogP contribution is -2.49. The molecule has 1 aliphatic heterocycles. The number of aromatic amines is 1. The van der Waals surface area contributed by atoms with Crippen molar-refractivity contribution in [2.45, 2.75) is 6.42 Å². The van der Waals surface area contributed by atoms with Crippen molar-refractivity contribution in [1.29, 1.82) is 5.26 Å². The number of carbonyl (C=O) groups is 1. The highest BCUT2D eigenvalue weighted by Crippen LogP contribution is 2.22. The molecule has 0 saturated carbocycles. The molecule has 0 aromatic carbocycles. The van der Waals surface area contributed by atoms with Crippen LogP contribution in [0.3, 0.4) is 0 Å². The molecule has 1 saturated heterocycles. The average Bonchev–Trinajstić information content (AvgIpc) is 2.96. The van der Waals surface area contributed by atoms with E-state index in [1.807, 2.05) is 18.3 Å². The molecule has 2 aromatic heterocycles. The molecule has 0 unspecified atom stereocenters. The standard InChI is InChI=1S/C13H14N6O/c14-3-1-11(20)18-5-7-19(8-6-18)13-10-2-4-15-12(10)16-9-17-13/h2,4,9H,1,5-8H2,(H,15,16,17). The van der Waals surface area contributed by atoms with Crippen molar-refractivity contribution >= 4 is 22.8 Å². The average molecular weight is 270 g/mol. The Balaban J connectivity index is 1.74. The molecule has 0 bridgehead atoms. The summed E-state index contributed by atoms with van der Waals surface area (Å²) in [5.41, 5.74) is 0.818. The van der Waals surface area contributed by atoms with E-state index in [9.17, 15) is 4.79 Å². The van der Waals surface area contributed by atoms with Gasteiger partial charge in [-0.25, -0.2) is 9.97 Å². The van der Waals surface area contributed by atoms with Gasteiger partial charge in [-0.3, -0.25) is 4.79 Å². The third-order valence-electron chi connectivity index (χ3n) is 3.50. The predicted molar refractivity (Wildman–Crippen MR) is 72.9 cm³/mol. The van der Waals surface area contributed by atoms with Gasteiger partial charge in [-0.2, -0.15) is 5.26 Å². The van der Waals surface area contributed by atoms with Crippen molar-refractivity contribution in [3.05, 3.63) is 18.6 Å². The van der Waals surface area contributed by atoms with Crippen LogP contribution in [0, 0.1) is 11.3 Å². The number of hydrogen-bond acceptors (Lipinski definition) is 5. The minimum Gasteiger partial charge on any atom is -0.352 e. The van der Waals surface area contributed by atoms with Gasteiger partial charge in [-0.15, -0.1) is 0 Å². The molecule has 3 rings (SSSR count). The lowest BCUT2D eigenvalue weighted by molar-refractivity contribution is -0.130. The molecule has 7 heteroatoms. The summed E-state index contributed by atoms with van der Waals surface area (Å²) in [6.07, 6.45) is 3.34. The van der Waals surface area contributed by atoms with Crippen molar-refractivity contribution < 1.29 is 4.79 Å². The second-order valence-electron chi connectivity index (χ2n) is 4.64. The van der Waals surface area contributed by atoms with Crippen LogP contribution in [-0.4, -0.2) is 51.9 Å². The van der Waals surface area contributed by atoms with E-state index in [2.05, 4.69) is 19.9 Å². The predicted octanol–water partition coefficient (Wildman–Crippen LogP) is 0.520. The van der Waals surface area contributed by atoms with Crippen LogP contribution < -0.4 is 4.90 Å². The first-order valence-corrected chi connectivity index (χ1v) is 6.47. The minimum absolute atomic E-state index is 0.0461. The van der Waals surface area contributed by atoms with Crippen LogP contribution in [-0.2, 0) is 4.79 Å². The summed E-state index contributed by atoms with van der Waals surface area (Å²) in [6.45, 7) is 2.68. The number of nitrogens with zero attached hydrogens (tertiary/aromatic N) is 5. The number of carbonyl (C=O) groups excluding carboxylic acids is 1. The van der Waals surface area contributed by atoms with E-state index in [0.717, 1.165) is 16.9 Å². The Morgan fingerprint density at radius 3 is 2.90 bits per heavy atom. The fourth-order valence-corrected chi connectivity index (χ4v) is 2.46. The van der Waals surface area contributed by atoms with Crippen LogP contribution in [0.25, 0.3) is 11.0 Å². The van der Waals surface area contributed by atoms with Crippen LogP contribution >= 0.6 is 0 Å². The summed E-state index contributed by atoms with van der Waals surface area (Å²) in [6, 6.07) is 3.86. The van der Waals surface area contributed by atoms with E-state index in [1.165, 1.54) is 0 Å². The summed E-state index contributed by atoms with van der Waals surface area (Å²) in [5, 5.41) is 9.55. The fraction of sp³-hybridized carbons (Fsp3) is 0.385. The SMILES string of the molecule is N#CCC(=O)N1CCN(c2ncnc3[nH]ccc23)CC1. The number of piperazine rings is 1. The van der Waals surface area contributed by atoms with Crippen molar-refractivity contribution in [2.24, 2.45) is 0 Å². The number of anilines is 1. The highest BCUT2D eigenvalue weighted by atomic mass is 16.2. The molecule has 20 heavy (non-hydrogen) atoms. The van der Waals surface area contributed by atoms with Gasteiger partial charge < -0.3 is 14.8 Å². The third-order valence-corrected chi connectivity index (χ3v) is 3.50. The second kappa shape index (κ2) is 5.17. The van der Waals surface area contributed by atoms with E-state index in [4.69, 9.17) is 5.26 Å². The Hall–Kier alpha value is -2.62. The van der Waals surface area contributed by atoms with Crippen molar-refractivity contribution in [3.63, 3.8) is 0 Å². The van der Waals surface area contributed by atoms with Crippen molar-refractivity contribution in [2.75, 3.05) is 31.1 Å². The van der Waals surface area contributed by atoms with Crippen molar-refractivity contribution in [1.82, 2.24) is 19.9 Å². The van der Waals surface area contributed by atoms with E-state index in [-0.39, 0.29) is 12.3 Å². The molecule has 1 N–H and O–H groups in total. The molecule has 0 radical (unpaired) electrons. The molecule has 7 nitrogen and oxygen atoms in total. The fourth-order valence-electron chi connectivity index (χ4n) is 2.46. The van der Waals surface area contributed by atoms with E-state index < -0.39 is 0 Å². The zero-order chi connectivity index (χ0) is 13.9. The molecular formula is C13H14N6O. The molecule has 0 spiro atoms. The zero-order valence-electron chi connectivity index (χ0n) is 10.9. The number of amides is 1. The number of rotatable bonds is 2. The normalized spacial score (nSPS) is 15.3. The lowest BCUT2D eigenvalue weighted by Gasteiger charge is -2.35. The van der Waals surface area contributed by atoms with Crippen molar-refractivity contribution in [3.8, 4) is 6.07 Å². The van der Waals surface area contributed by atoms with E-state index >= 15 is 0 Å². The molecular weight excluding hydrogens is 256 g/mol. The molecule has 102 valence electrons. The van der Waals surface area contributed by atoms with Gasteiger partial charge in [0.25, 0.3) is 0 Å².